The zero-order valence-corrected chi connectivity index (χ0v) is 16.1. The number of nitrogens with zero attached hydrogens (tertiary/aromatic N) is 2. The Morgan fingerprint density at radius 3 is 2.64 bits per heavy atom. The third-order valence-electron chi connectivity index (χ3n) is 5.98. The highest BCUT2D eigenvalue weighted by atomic mass is 19.1. The number of aromatic nitrogens is 1. The standard InChI is InChI=1S/C24H26FN3/c25-22-8-6-18(7-9-22)15-19-10-13-28(14-11-19)12-2-4-20-3-1-5-23-24(20)21(16-26)17-27-23/h1,3,5-9,17,19,27H,2,4,10-15H2. The second-order valence-electron chi connectivity index (χ2n) is 7.87. The minimum atomic E-state index is -0.157. The van der Waals surface area contributed by atoms with E-state index in [1.54, 1.807) is 18.3 Å². The Morgan fingerprint density at radius 2 is 1.89 bits per heavy atom. The largest absolute Gasteiger partial charge is 0.360 e. The molecule has 0 atom stereocenters. The van der Waals surface area contributed by atoms with E-state index in [0.717, 1.165) is 55.4 Å². The number of aryl methyl sites for hydroxylation is 1. The van der Waals surface area contributed by atoms with E-state index in [0.29, 0.717) is 5.92 Å². The first-order valence-corrected chi connectivity index (χ1v) is 10.2. The van der Waals surface area contributed by atoms with Gasteiger partial charge in [0, 0.05) is 17.1 Å². The number of likely N-dealkylation sites (tertiary alicyclic amines) is 1. The Labute approximate surface area is 165 Å². The molecule has 1 aliphatic heterocycles. The smallest absolute Gasteiger partial charge is 0.123 e. The molecule has 1 fully saturated rings. The molecule has 0 radical (unpaired) electrons. The first-order valence-electron chi connectivity index (χ1n) is 10.2. The molecule has 1 N–H and O–H groups in total. The van der Waals surface area contributed by atoms with E-state index in [1.807, 2.05) is 18.2 Å². The fourth-order valence-corrected chi connectivity index (χ4v) is 4.42. The number of halogens is 1. The predicted octanol–water partition coefficient (Wildman–Crippen LogP) is 5.07. The lowest BCUT2D eigenvalue weighted by Crippen LogP contribution is -2.35. The molecule has 1 aliphatic rings. The first-order chi connectivity index (χ1) is 13.7. The number of hydrogen-bond donors (Lipinski definition) is 1. The van der Waals surface area contributed by atoms with Crippen LogP contribution in [0.2, 0.25) is 0 Å². The van der Waals surface area contributed by atoms with Crippen molar-refractivity contribution in [2.45, 2.75) is 32.1 Å². The van der Waals surface area contributed by atoms with E-state index in [-0.39, 0.29) is 5.82 Å². The zero-order valence-electron chi connectivity index (χ0n) is 16.1. The summed E-state index contributed by atoms with van der Waals surface area (Å²) in [6, 6.07) is 15.5. The summed E-state index contributed by atoms with van der Waals surface area (Å²) in [6.07, 6.45) is 7.39. The maximum Gasteiger partial charge on any atom is 0.123 e. The second-order valence-corrected chi connectivity index (χ2v) is 7.87. The van der Waals surface area contributed by atoms with Gasteiger partial charge in [0.2, 0.25) is 0 Å². The molecule has 3 aromatic rings. The number of rotatable bonds is 6. The van der Waals surface area contributed by atoms with Crippen molar-refractivity contribution in [3.05, 3.63) is 71.2 Å². The number of nitrogens with one attached hydrogen (secondary N) is 1. The van der Waals surface area contributed by atoms with Gasteiger partial charge in [0.15, 0.2) is 0 Å². The van der Waals surface area contributed by atoms with E-state index in [9.17, 15) is 9.65 Å². The molecule has 0 amide bonds. The van der Waals surface area contributed by atoms with Crippen molar-refractivity contribution >= 4 is 10.9 Å². The van der Waals surface area contributed by atoms with Crippen molar-refractivity contribution in [3.8, 4) is 6.07 Å². The van der Waals surface area contributed by atoms with Crippen LogP contribution in [-0.4, -0.2) is 29.5 Å². The number of piperidine rings is 1. The molecule has 0 unspecified atom stereocenters. The maximum absolute atomic E-state index is 13.0. The van der Waals surface area contributed by atoms with Crippen molar-refractivity contribution in [2.24, 2.45) is 5.92 Å². The van der Waals surface area contributed by atoms with Crippen molar-refractivity contribution in [1.29, 1.82) is 5.26 Å². The molecule has 0 aliphatic carbocycles. The second kappa shape index (κ2) is 8.58. The highest BCUT2D eigenvalue weighted by Crippen LogP contribution is 2.25. The van der Waals surface area contributed by atoms with Crippen LogP contribution in [0, 0.1) is 23.1 Å². The Balaban J connectivity index is 1.25. The lowest BCUT2D eigenvalue weighted by atomic mass is 9.90. The minimum absolute atomic E-state index is 0.157. The highest BCUT2D eigenvalue weighted by Gasteiger charge is 2.19. The maximum atomic E-state index is 13.0. The molecule has 2 heterocycles. The van der Waals surface area contributed by atoms with E-state index in [2.05, 4.69) is 28.1 Å². The van der Waals surface area contributed by atoms with Crippen LogP contribution in [0.3, 0.4) is 0 Å². The van der Waals surface area contributed by atoms with Crippen LogP contribution >= 0.6 is 0 Å². The Hall–Kier alpha value is -2.64. The number of H-pyrrole nitrogens is 1. The third kappa shape index (κ3) is 4.26. The Kier molecular flexibility index (Phi) is 5.73. The summed E-state index contributed by atoms with van der Waals surface area (Å²) in [6.45, 7) is 3.39. The van der Waals surface area contributed by atoms with E-state index in [1.165, 1.54) is 24.0 Å². The summed E-state index contributed by atoms with van der Waals surface area (Å²) >= 11 is 0. The van der Waals surface area contributed by atoms with Gasteiger partial charge in [0.1, 0.15) is 11.9 Å². The van der Waals surface area contributed by atoms with Crippen LogP contribution in [0.4, 0.5) is 4.39 Å². The van der Waals surface area contributed by atoms with Gasteiger partial charge in [0.05, 0.1) is 5.56 Å². The molecule has 144 valence electrons. The number of benzene rings is 2. The highest BCUT2D eigenvalue weighted by molar-refractivity contribution is 5.88. The summed E-state index contributed by atoms with van der Waals surface area (Å²) in [5.41, 5.74) is 4.30. The van der Waals surface area contributed by atoms with Crippen LogP contribution in [0.15, 0.2) is 48.7 Å². The monoisotopic (exact) mass is 375 g/mol. The van der Waals surface area contributed by atoms with Gasteiger partial charge in [-0.05, 0) is 87.0 Å². The lowest BCUT2D eigenvalue weighted by molar-refractivity contribution is 0.182. The van der Waals surface area contributed by atoms with Crippen LogP contribution in [0.5, 0.6) is 0 Å². The molecule has 0 saturated carbocycles. The molecule has 28 heavy (non-hydrogen) atoms. The van der Waals surface area contributed by atoms with Gasteiger partial charge in [-0.25, -0.2) is 4.39 Å². The molecule has 1 aromatic heterocycles. The molecule has 2 aromatic carbocycles. The Morgan fingerprint density at radius 1 is 1.11 bits per heavy atom. The molecule has 0 bridgehead atoms. The number of hydrogen-bond acceptors (Lipinski definition) is 2. The molecular formula is C24H26FN3. The van der Waals surface area contributed by atoms with E-state index >= 15 is 0 Å². The summed E-state index contributed by atoms with van der Waals surface area (Å²) in [5.74, 6) is 0.546. The van der Waals surface area contributed by atoms with Crippen LogP contribution < -0.4 is 0 Å². The summed E-state index contributed by atoms with van der Waals surface area (Å²) in [7, 11) is 0. The third-order valence-corrected chi connectivity index (χ3v) is 5.98. The van der Waals surface area contributed by atoms with Crippen LogP contribution in [-0.2, 0) is 12.8 Å². The fraction of sp³-hybridized carbons (Fsp3) is 0.375. The van der Waals surface area contributed by atoms with Crippen LogP contribution in [0.25, 0.3) is 10.9 Å². The van der Waals surface area contributed by atoms with Gasteiger partial charge in [-0.2, -0.15) is 5.26 Å². The van der Waals surface area contributed by atoms with Crippen molar-refractivity contribution in [3.63, 3.8) is 0 Å². The van der Waals surface area contributed by atoms with Crippen molar-refractivity contribution in [2.75, 3.05) is 19.6 Å². The molecule has 4 heteroatoms. The zero-order chi connectivity index (χ0) is 19.3. The van der Waals surface area contributed by atoms with E-state index < -0.39 is 0 Å². The summed E-state index contributed by atoms with van der Waals surface area (Å²) in [5, 5.41) is 10.4. The lowest BCUT2D eigenvalue weighted by Gasteiger charge is -2.32. The normalized spacial score (nSPS) is 15.7. The average Bonchev–Trinajstić information content (AvgIpc) is 3.15. The SMILES string of the molecule is N#Cc1c[nH]c2cccc(CCCN3CCC(Cc4ccc(F)cc4)CC3)c12. The van der Waals surface area contributed by atoms with Crippen molar-refractivity contribution < 1.29 is 4.39 Å². The molecule has 1 saturated heterocycles. The molecular weight excluding hydrogens is 349 g/mol. The molecule has 4 rings (SSSR count). The Bertz CT molecular complexity index is 960. The quantitative estimate of drug-likeness (QED) is 0.654. The van der Waals surface area contributed by atoms with Gasteiger partial charge in [0.25, 0.3) is 0 Å². The van der Waals surface area contributed by atoms with E-state index in [4.69, 9.17) is 0 Å². The van der Waals surface area contributed by atoms with Crippen LogP contribution in [0.1, 0.15) is 36.0 Å². The minimum Gasteiger partial charge on any atom is -0.360 e. The topological polar surface area (TPSA) is 42.8 Å². The number of aromatic amines is 1. The molecule has 0 spiro atoms. The van der Waals surface area contributed by atoms with Gasteiger partial charge in [-0.3, -0.25) is 0 Å². The first kappa shape index (κ1) is 18.7. The number of nitriles is 1. The predicted molar refractivity (Wildman–Crippen MR) is 111 cm³/mol. The van der Waals surface area contributed by atoms with Gasteiger partial charge in [-0.15, -0.1) is 0 Å². The van der Waals surface area contributed by atoms with Gasteiger partial charge >= 0.3 is 0 Å². The fourth-order valence-electron chi connectivity index (χ4n) is 4.42. The number of fused-ring (bicyclic) bond motifs is 1. The summed E-state index contributed by atoms with van der Waals surface area (Å²) in [4.78, 5) is 5.75. The van der Waals surface area contributed by atoms with Gasteiger partial charge < -0.3 is 9.88 Å². The molecule has 3 nitrogen and oxygen atoms in total. The van der Waals surface area contributed by atoms with Crippen molar-refractivity contribution in [1.82, 2.24) is 9.88 Å². The average molecular weight is 375 g/mol. The van der Waals surface area contributed by atoms with Gasteiger partial charge in [-0.1, -0.05) is 24.3 Å². The summed E-state index contributed by atoms with van der Waals surface area (Å²) < 4.78 is 13.0.